The van der Waals surface area contributed by atoms with Crippen molar-refractivity contribution in [1.82, 2.24) is 5.32 Å². The summed E-state index contributed by atoms with van der Waals surface area (Å²) in [6, 6.07) is 22.8. The first-order chi connectivity index (χ1) is 29.8. The number of Topliss-reactive ketones (excluding diaryl/α,β-unsaturated/α-hetero) is 1. The number of hydrogen-bond acceptors (Lipinski definition) is 15. The molecule has 3 aromatic carbocycles. The highest BCUT2D eigenvalue weighted by molar-refractivity contribution is 5.96. The summed E-state index contributed by atoms with van der Waals surface area (Å²) in [6.07, 6.45) is -12.0. The lowest BCUT2D eigenvalue weighted by Gasteiger charge is -2.67. The van der Waals surface area contributed by atoms with Gasteiger partial charge in [0.15, 0.2) is 23.6 Å². The maximum Gasteiger partial charge on any atom is 0.508 e. The average molecular weight is 870 g/mol. The quantitative estimate of drug-likeness (QED) is 0.128. The highest BCUT2D eigenvalue weighted by atomic mass is 16.8. The Hall–Kier alpha value is -5.94. The van der Waals surface area contributed by atoms with Crippen LogP contribution in [-0.4, -0.2) is 113 Å². The van der Waals surface area contributed by atoms with E-state index in [-0.39, 0.29) is 35.3 Å². The number of ketones is 1. The van der Waals surface area contributed by atoms with Gasteiger partial charge in [0.25, 0.3) is 5.91 Å². The SMILES string of the molecule is COC(=O)OC12CO[C@@H]1C[C@H](O)[C@@]1(C)C(=O)[C@H](OC(C)=O)C3=C(C)[C@@H](OC(=O)[C@H](O)[C@@H](NC(=O)c4ccccc4)c4ccccc4)C[C@@](O)([C@@H](OC(=O)c4ccccc4)[C@H]21)C3(C)C. The molecule has 1 aliphatic heterocycles. The second-order valence-electron chi connectivity index (χ2n) is 17.3. The van der Waals surface area contributed by atoms with Crippen LogP contribution in [0.4, 0.5) is 4.79 Å². The van der Waals surface area contributed by atoms with Crippen LogP contribution in [0.2, 0.25) is 0 Å². The second-order valence-corrected chi connectivity index (χ2v) is 17.3. The molecule has 1 heterocycles. The van der Waals surface area contributed by atoms with Crippen molar-refractivity contribution in [2.45, 2.75) is 101 Å². The molecule has 3 aliphatic carbocycles. The zero-order chi connectivity index (χ0) is 45.6. The third kappa shape index (κ3) is 7.58. The molecule has 16 heteroatoms. The minimum Gasteiger partial charge on any atom is -0.456 e. The van der Waals surface area contributed by atoms with Gasteiger partial charge in [-0.1, -0.05) is 80.6 Å². The number of ether oxygens (including phenoxy) is 6. The number of aliphatic hydroxyl groups excluding tert-OH is 2. The van der Waals surface area contributed by atoms with E-state index in [9.17, 15) is 39.3 Å². The van der Waals surface area contributed by atoms with Gasteiger partial charge in [0.2, 0.25) is 0 Å². The van der Waals surface area contributed by atoms with Crippen molar-refractivity contribution in [2.24, 2.45) is 16.7 Å². The van der Waals surface area contributed by atoms with E-state index in [2.05, 4.69) is 5.32 Å². The third-order valence-corrected chi connectivity index (χ3v) is 13.6. The van der Waals surface area contributed by atoms with Crippen molar-refractivity contribution < 1.29 is 72.5 Å². The number of methoxy groups -OCH3 is 1. The summed E-state index contributed by atoms with van der Waals surface area (Å²) in [5.41, 5.74) is -7.35. The summed E-state index contributed by atoms with van der Waals surface area (Å²) in [5.74, 6) is -6.24. The van der Waals surface area contributed by atoms with E-state index in [1.807, 2.05) is 0 Å². The molecule has 3 fully saturated rings. The van der Waals surface area contributed by atoms with Crippen LogP contribution in [0.15, 0.2) is 102 Å². The second kappa shape index (κ2) is 17.0. The van der Waals surface area contributed by atoms with Crippen molar-refractivity contribution in [3.05, 3.63) is 119 Å². The molecule has 1 unspecified atom stereocenters. The molecule has 1 amide bonds. The fourth-order valence-electron chi connectivity index (χ4n) is 10.1. The van der Waals surface area contributed by atoms with E-state index in [1.54, 1.807) is 92.7 Å². The smallest absolute Gasteiger partial charge is 0.456 e. The molecular formula is C47H51NO15. The molecule has 334 valence electrons. The molecule has 0 aromatic heterocycles. The molecule has 3 aromatic rings. The largest absolute Gasteiger partial charge is 0.508 e. The number of nitrogens with one attached hydrogen (secondary N) is 1. The van der Waals surface area contributed by atoms with Crippen molar-refractivity contribution in [2.75, 3.05) is 13.7 Å². The van der Waals surface area contributed by atoms with Gasteiger partial charge < -0.3 is 49.1 Å². The molecule has 11 atom stereocenters. The molecule has 4 aliphatic rings. The van der Waals surface area contributed by atoms with Crippen LogP contribution in [0, 0.1) is 16.7 Å². The summed E-state index contributed by atoms with van der Waals surface area (Å²) < 4.78 is 35.1. The Morgan fingerprint density at radius 1 is 0.857 bits per heavy atom. The molecule has 2 saturated carbocycles. The van der Waals surface area contributed by atoms with Gasteiger partial charge in [-0.2, -0.15) is 0 Å². The van der Waals surface area contributed by atoms with E-state index >= 15 is 4.79 Å². The maximum absolute atomic E-state index is 15.5. The topological polar surface area (TPSA) is 231 Å². The first-order valence-corrected chi connectivity index (χ1v) is 20.6. The van der Waals surface area contributed by atoms with Gasteiger partial charge in [-0.05, 0) is 54.8 Å². The van der Waals surface area contributed by atoms with Crippen LogP contribution < -0.4 is 5.32 Å². The number of amides is 1. The van der Waals surface area contributed by atoms with Crippen LogP contribution in [0.1, 0.15) is 79.8 Å². The Labute approximate surface area is 363 Å². The lowest BCUT2D eigenvalue weighted by atomic mass is 9.44. The molecule has 2 bridgehead atoms. The Morgan fingerprint density at radius 3 is 2.00 bits per heavy atom. The van der Waals surface area contributed by atoms with Crippen molar-refractivity contribution in [3.8, 4) is 0 Å². The van der Waals surface area contributed by atoms with Gasteiger partial charge in [-0.3, -0.25) is 14.4 Å². The van der Waals surface area contributed by atoms with Crippen LogP contribution in [0.3, 0.4) is 0 Å². The number of rotatable bonds is 10. The number of hydrogen-bond donors (Lipinski definition) is 4. The monoisotopic (exact) mass is 869 g/mol. The van der Waals surface area contributed by atoms with E-state index in [4.69, 9.17) is 28.4 Å². The number of fused-ring (bicyclic) bond motifs is 5. The Kier molecular flexibility index (Phi) is 12.2. The summed E-state index contributed by atoms with van der Waals surface area (Å²) >= 11 is 0. The minimum absolute atomic E-state index is 0.0247. The zero-order valence-electron chi connectivity index (χ0n) is 35.6. The average Bonchev–Trinajstić information content (AvgIpc) is 3.26. The van der Waals surface area contributed by atoms with Crippen LogP contribution in [0.25, 0.3) is 0 Å². The van der Waals surface area contributed by atoms with Gasteiger partial charge in [0, 0.05) is 30.7 Å². The summed E-state index contributed by atoms with van der Waals surface area (Å²) in [7, 11) is 1.07. The first kappa shape index (κ1) is 45.1. The summed E-state index contributed by atoms with van der Waals surface area (Å²) in [6.45, 7) is 6.66. The van der Waals surface area contributed by atoms with Gasteiger partial charge in [0.05, 0.1) is 42.8 Å². The molecular weight excluding hydrogens is 819 g/mol. The van der Waals surface area contributed by atoms with Crippen LogP contribution in [-0.2, 0) is 42.8 Å². The fourth-order valence-corrected chi connectivity index (χ4v) is 10.1. The van der Waals surface area contributed by atoms with Crippen LogP contribution >= 0.6 is 0 Å². The van der Waals surface area contributed by atoms with E-state index < -0.39 is 113 Å². The van der Waals surface area contributed by atoms with Crippen LogP contribution in [0.5, 0.6) is 0 Å². The zero-order valence-corrected chi connectivity index (χ0v) is 35.6. The minimum atomic E-state index is -2.43. The number of carbonyl (C=O) groups is 6. The number of aliphatic hydroxyl groups is 3. The summed E-state index contributed by atoms with van der Waals surface area (Å²) in [4.78, 5) is 83.7. The fraction of sp³-hybridized carbons (Fsp3) is 0.447. The predicted octanol–water partition coefficient (Wildman–Crippen LogP) is 3.96. The molecule has 7 rings (SSSR count). The highest BCUT2D eigenvalue weighted by Crippen LogP contribution is 2.64. The Bertz CT molecular complexity index is 2300. The molecule has 0 radical (unpaired) electrons. The molecule has 63 heavy (non-hydrogen) atoms. The lowest BCUT2D eigenvalue weighted by molar-refractivity contribution is -0.344. The third-order valence-electron chi connectivity index (χ3n) is 13.6. The molecule has 1 saturated heterocycles. The Balaban J connectivity index is 1.39. The van der Waals surface area contributed by atoms with Crippen molar-refractivity contribution in [1.29, 1.82) is 0 Å². The van der Waals surface area contributed by atoms with Gasteiger partial charge in [-0.15, -0.1) is 0 Å². The van der Waals surface area contributed by atoms with Gasteiger partial charge in [-0.25, -0.2) is 14.4 Å². The van der Waals surface area contributed by atoms with Crippen molar-refractivity contribution >= 4 is 35.8 Å². The van der Waals surface area contributed by atoms with Gasteiger partial charge in [0.1, 0.15) is 23.9 Å². The first-order valence-electron chi connectivity index (χ1n) is 20.6. The number of carbonyl (C=O) groups excluding carboxylic acids is 6. The molecule has 16 nitrogen and oxygen atoms in total. The predicted molar refractivity (Wildman–Crippen MR) is 219 cm³/mol. The van der Waals surface area contributed by atoms with E-state index in [1.165, 1.54) is 26.0 Å². The summed E-state index contributed by atoms with van der Waals surface area (Å²) in [5, 5.41) is 40.3. The molecule has 0 spiro atoms. The number of esters is 3. The maximum atomic E-state index is 15.5. The Morgan fingerprint density at radius 2 is 1.44 bits per heavy atom. The highest BCUT2D eigenvalue weighted by Gasteiger charge is 2.78. The molecule has 4 N–H and O–H groups in total. The number of benzene rings is 3. The standard InChI is InChI=1S/C47H51NO15/c1-25-30(61-42(55)35(51)34(27-16-10-7-11-17-27)48-40(53)28-18-12-8-13-19-28)23-47(57)39(62-41(54)29-20-14-9-15-21-29)37-45(5,38(52)36(60-26(2)49)33(25)44(47,3)4)31(50)22-32-46(37,24-59-32)63-43(56)58-6/h7-21,30-32,34-37,39,50-51,57H,22-24H2,1-6H3,(H,48,53)/t30-,31-,32+,34-,35+,36+,37-,39-,45+,46?,47+/m0/s1. The lowest BCUT2D eigenvalue weighted by Crippen LogP contribution is -2.82. The van der Waals surface area contributed by atoms with E-state index in [0.29, 0.717) is 5.56 Å². The van der Waals surface area contributed by atoms with Crippen molar-refractivity contribution in [3.63, 3.8) is 0 Å². The normalized spacial score (nSPS) is 31.5. The van der Waals surface area contributed by atoms with Gasteiger partial charge >= 0.3 is 24.1 Å². The van der Waals surface area contributed by atoms with E-state index in [0.717, 1.165) is 14.0 Å².